The molecule has 0 aromatic heterocycles. The Bertz CT molecular complexity index is 733. The number of benzene rings is 1. The van der Waals surface area contributed by atoms with Gasteiger partial charge in [-0.2, -0.15) is 0 Å². The average Bonchev–Trinajstić information content (AvgIpc) is 3.56. The molecule has 0 spiro atoms. The van der Waals surface area contributed by atoms with E-state index in [0.717, 1.165) is 61.4 Å². The summed E-state index contributed by atoms with van der Waals surface area (Å²) in [6, 6.07) is 6.16. The van der Waals surface area contributed by atoms with Crippen molar-refractivity contribution in [1.82, 2.24) is 15.1 Å². The molecule has 6 nitrogen and oxygen atoms in total. The maximum Gasteiger partial charge on any atom is 0.194 e. The highest BCUT2D eigenvalue weighted by Gasteiger charge is 2.27. The van der Waals surface area contributed by atoms with E-state index in [0.29, 0.717) is 12.6 Å². The van der Waals surface area contributed by atoms with Gasteiger partial charge in [-0.05, 0) is 76.9 Å². The van der Waals surface area contributed by atoms with Crippen LogP contribution in [0, 0.1) is 5.92 Å². The third-order valence-electron chi connectivity index (χ3n) is 6.90. The molecule has 3 fully saturated rings. The van der Waals surface area contributed by atoms with Crippen molar-refractivity contribution in [2.45, 2.75) is 64.5 Å². The van der Waals surface area contributed by atoms with E-state index < -0.39 is 0 Å². The number of nitrogens with zero attached hydrogens (tertiary/aromatic N) is 3. The summed E-state index contributed by atoms with van der Waals surface area (Å²) in [6.07, 6.45) is 9.08. The van der Waals surface area contributed by atoms with Gasteiger partial charge in [0, 0.05) is 31.7 Å². The highest BCUT2D eigenvalue weighted by atomic mass is 127. The van der Waals surface area contributed by atoms with Gasteiger partial charge in [-0.1, -0.05) is 12.1 Å². The van der Waals surface area contributed by atoms with Crippen LogP contribution in [-0.4, -0.2) is 68.2 Å². The van der Waals surface area contributed by atoms with E-state index in [4.69, 9.17) is 14.5 Å². The number of hydrogen-bond acceptors (Lipinski definition) is 4. The SMILES string of the molecule is CCNC(=NCc1cccc(OC)c1OC1CCCC1)N1CCC(CN2CCCC2)C1.I. The van der Waals surface area contributed by atoms with Crippen molar-refractivity contribution < 1.29 is 9.47 Å². The molecule has 180 valence electrons. The Morgan fingerprint density at radius 2 is 1.88 bits per heavy atom. The van der Waals surface area contributed by atoms with Gasteiger partial charge in [0.05, 0.1) is 19.8 Å². The van der Waals surface area contributed by atoms with E-state index in [2.05, 4.69) is 28.1 Å². The Morgan fingerprint density at radius 3 is 2.59 bits per heavy atom. The third kappa shape index (κ3) is 6.65. The summed E-state index contributed by atoms with van der Waals surface area (Å²) in [7, 11) is 1.72. The standard InChI is InChI=1S/C25H40N4O2.HI/c1-3-26-25(29-16-13-20(19-29)18-28-14-6-7-15-28)27-17-21-9-8-12-23(30-2)24(21)31-22-10-4-5-11-22;/h8-9,12,20,22H,3-7,10-11,13-19H2,1-2H3,(H,26,27);1H. The van der Waals surface area contributed by atoms with Gasteiger partial charge < -0.3 is 24.6 Å². The van der Waals surface area contributed by atoms with Gasteiger partial charge in [-0.15, -0.1) is 24.0 Å². The lowest BCUT2D eigenvalue weighted by Crippen LogP contribution is -2.40. The molecule has 0 amide bonds. The maximum absolute atomic E-state index is 6.40. The van der Waals surface area contributed by atoms with Gasteiger partial charge in [-0.3, -0.25) is 0 Å². The van der Waals surface area contributed by atoms with Gasteiger partial charge in [-0.25, -0.2) is 4.99 Å². The van der Waals surface area contributed by atoms with Crippen molar-refractivity contribution in [2.75, 3.05) is 46.4 Å². The van der Waals surface area contributed by atoms with Crippen molar-refractivity contribution in [3.63, 3.8) is 0 Å². The summed E-state index contributed by atoms with van der Waals surface area (Å²) >= 11 is 0. The summed E-state index contributed by atoms with van der Waals surface area (Å²) < 4.78 is 12.0. The van der Waals surface area contributed by atoms with Crippen LogP contribution >= 0.6 is 24.0 Å². The topological polar surface area (TPSA) is 49.3 Å². The van der Waals surface area contributed by atoms with Crippen molar-refractivity contribution in [1.29, 1.82) is 0 Å². The van der Waals surface area contributed by atoms with Crippen LogP contribution in [0.1, 0.15) is 57.4 Å². The fourth-order valence-electron chi connectivity index (χ4n) is 5.24. The second-order valence-electron chi connectivity index (χ2n) is 9.25. The first-order chi connectivity index (χ1) is 15.3. The fraction of sp³-hybridized carbons (Fsp3) is 0.720. The van der Waals surface area contributed by atoms with E-state index in [9.17, 15) is 0 Å². The van der Waals surface area contributed by atoms with Gasteiger partial charge in [0.1, 0.15) is 0 Å². The molecule has 1 aromatic rings. The molecule has 0 radical (unpaired) electrons. The minimum atomic E-state index is 0. The summed E-state index contributed by atoms with van der Waals surface area (Å²) in [5.74, 6) is 3.47. The second kappa shape index (κ2) is 12.9. The molecule has 2 saturated heterocycles. The van der Waals surface area contributed by atoms with Gasteiger partial charge >= 0.3 is 0 Å². The number of rotatable bonds is 8. The zero-order chi connectivity index (χ0) is 21.5. The molecule has 1 unspecified atom stereocenters. The predicted molar refractivity (Wildman–Crippen MR) is 141 cm³/mol. The van der Waals surface area contributed by atoms with Gasteiger partial charge in [0.2, 0.25) is 0 Å². The molecule has 2 heterocycles. The van der Waals surface area contributed by atoms with Crippen LogP contribution in [-0.2, 0) is 6.54 Å². The minimum Gasteiger partial charge on any atom is -0.493 e. The summed E-state index contributed by atoms with van der Waals surface area (Å²) in [4.78, 5) is 10.1. The molecule has 7 heteroatoms. The molecule has 1 aromatic carbocycles. The highest BCUT2D eigenvalue weighted by Crippen LogP contribution is 2.35. The number of ether oxygens (including phenoxy) is 2. The van der Waals surface area contributed by atoms with E-state index in [1.54, 1.807) is 7.11 Å². The fourth-order valence-corrected chi connectivity index (χ4v) is 5.24. The number of aliphatic imine (C=N–C) groups is 1. The van der Waals surface area contributed by atoms with E-state index >= 15 is 0 Å². The van der Waals surface area contributed by atoms with Crippen molar-refractivity contribution in [2.24, 2.45) is 10.9 Å². The van der Waals surface area contributed by atoms with Crippen molar-refractivity contribution in [3.8, 4) is 11.5 Å². The first-order valence-electron chi connectivity index (χ1n) is 12.3. The second-order valence-corrected chi connectivity index (χ2v) is 9.25. The summed E-state index contributed by atoms with van der Waals surface area (Å²) in [5, 5.41) is 3.52. The monoisotopic (exact) mass is 556 g/mol. The average molecular weight is 557 g/mol. The molecular weight excluding hydrogens is 515 g/mol. The number of nitrogens with one attached hydrogen (secondary N) is 1. The molecule has 0 bridgehead atoms. The zero-order valence-electron chi connectivity index (χ0n) is 19.9. The Balaban J connectivity index is 0.00000289. The Labute approximate surface area is 211 Å². The van der Waals surface area contributed by atoms with Crippen LogP contribution in [0.15, 0.2) is 23.2 Å². The highest BCUT2D eigenvalue weighted by molar-refractivity contribution is 14.0. The summed E-state index contributed by atoms with van der Waals surface area (Å²) in [5.41, 5.74) is 1.11. The first-order valence-corrected chi connectivity index (χ1v) is 12.3. The lowest BCUT2D eigenvalue weighted by Gasteiger charge is -2.24. The van der Waals surface area contributed by atoms with Gasteiger partial charge in [0.15, 0.2) is 17.5 Å². The van der Waals surface area contributed by atoms with Crippen LogP contribution in [0.5, 0.6) is 11.5 Å². The maximum atomic E-state index is 6.40. The normalized spacial score (nSPS) is 22.2. The molecule has 32 heavy (non-hydrogen) atoms. The zero-order valence-corrected chi connectivity index (χ0v) is 22.2. The van der Waals surface area contributed by atoms with Crippen LogP contribution in [0.25, 0.3) is 0 Å². The summed E-state index contributed by atoms with van der Waals surface area (Å²) in [6.45, 7) is 9.64. The largest absolute Gasteiger partial charge is 0.493 e. The van der Waals surface area contributed by atoms with E-state index in [-0.39, 0.29) is 24.0 Å². The first kappa shape index (κ1) is 25.4. The lowest BCUT2D eigenvalue weighted by molar-refractivity contribution is 0.198. The predicted octanol–water partition coefficient (Wildman–Crippen LogP) is 4.52. The Morgan fingerprint density at radius 1 is 1.09 bits per heavy atom. The van der Waals surface area contributed by atoms with Gasteiger partial charge in [0.25, 0.3) is 0 Å². The van der Waals surface area contributed by atoms with Crippen LogP contribution in [0.3, 0.4) is 0 Å². The number of halogens is 1. The Hall–Kier alpha value is -1.22. The third-order valence-corrected chi connectivity index (χ3v) is 6.90. The lowest BCUT2D eigenvalue weighted by atomic mass is 10.1. The van der Waals surface area contributed by atoms with E-state index in [1.807, 2.05) is 12.1 Å². The molecule has 4 rings (SSSR count). The van der Waals surface area contributed by atoms with Crippen molar-refractivity contribution in [3.05, 3.63) is 23.8 Å². The van der Waals surface area contributed by atoms with Crippen LogP contribution < -0.4 is 14.8 Å². The minimum absolute atomic E-state index is 0. The van der Waals surface area contributed by atoms with Crippen molar-refractivity contribution >= 4 is 29.9 Å². The number of para-hydroxylation sites is 1. The van der Waals surface area contributed by atoms with Crippen LogP contribution in [0.4, 0.5) is 0 Å². The molecule has 1 saturated carbocycles. The number of likely N-dealkylation sites (tertiary alicyclic amines) is 2. The molecular formula is C25H41IN4O2. The molecule has 1 atom stereocenters. The molecule has 1 aliphatic carbocycles. The molecule has 3 aliphatic rings. The van der Waals surface area contributed by atoms with Crippen LogP contribution in [0.2, 0.25) is 0 Å². The quantitative estimate of drug-likeness (QED) is 0.290. The molecule has 1 N–H and O–H groups in total. The van der Waals surface area contributed by atoms with E-state index in [1.165, 1.54) is 51.7 Å². The number of methoxy groups -OCH3 is 1. The Kier molecular flexibility index (Phi) is 10.2. The molecule has 2 aliphatic heterocycles. The number of hydrogen-bond donors (Lipinski definition) is 1. The smallest absolute Gasteiger partial charge is 0.194 e. The number of guanidine groups is 1.